The SMILES string of the molecule is N/C=c1/cccc/c1=C/Cn1c2cccnc2c2cc3c(nc21)c1ccccc1n3-c1ccccc1. The summed E-state index contributed by atoms with van der Waals surface area (Å²) in [6.45, 7) is 0.659. The van der Waals surface area contributed by atoms with Crippen LogP contribution in [0.1, 0.15) is 0 Å². The standard InChI is InChI=1S/C31H23N5/c32-20-22-10-5-4-9-21(22)16-18-35-27-15-8-17-33-29(27)25-19-28-30(34-31(25)35)24-13-6-7-14-26(24)36(28)23-11-2-1-3-12-23/h1-17,19-20H,18,32H2/b21-16-,22-20-. The average molecular weight is 466 g/mol. The molecule has 2 N–H and O–H groups in total. The second kappa shape index (κ2) is 8.10. The highest BCUT2D eigenvalue weighted by Gasteiger charge is 2.18. The fourth-order valence-corrected chi connectivity index (χ4v) is 5.25. The molecule has 3 aromatic carbocycles. The van der Waals surface area contributed by atoms with Crippen molar-refractivity contribution in [2.45, 2.75) is 6.54 Å². The van der Waals surface area contributed by atoms with Gasteiger partial charge in [0.15, 0.2) is 0 Å². The zero-order chi connectivity index (χ0) is 24.1. The lowest BCUT2D eigenvalue weighted by molar-refractivity contribution is 0.917. The summed E-state index contributed by atoms with van der Waals surface area (Å²) >= 11 is 0. The highest BCUT2D eigenvalue weighted by molar-refractivity contribution is 6.14. The molecule has 5 heteroatoms. The van der Waals surface area contributed by atoms with E-state index in [1.807, 2.05) is 36.5 Å². The summed E-state index contributed by atoms with van der Waals surface area (Å²) in [5.74, 6) is 0. The highest BCUT2D eigenvalue weighted by Crippen LogP contribution is 2.35. The van der Waals surface area contributed by atoms with Gasteiger partial charge in [0, 0.05) is 35.4 Å². The Morgan fingerprint density at radius 2 is 1.44 bits per heavy atom. The van der Waals surface area contributed by atoms with Crippen molar-refractivity contribution in [3.8, 4) is 5.69 Å². The van der Waals surface area contributed by atoms with Crippen LogP contribution < -0.4 is 16.2 Å². The van der Waals surface area contributed by atoms with Gasteiger partial charge in [0.05, 0.1) is 27.6 Å². The lowest BCUT2D eigenvalue weighted by Gasteiger charge is -2.07. The van der Waals surface area contributed by atoms with Gasteiger partial charge < -0.3 is 14.9 Å². The number of hydrogen-bond acceptors (Lipinski definition) is 3. The summed E-state index contributed by atoms with van der Waals surface area (Å²) < 4.78 is 4.54. The smallest absolute Gasteiger partial charge is 0.143 e. The zero-order valence-corrected chi connectivity index (χ0v) is 19.5. The maximum atomic E-state index is 5.87. The summed E-state index contributed by atoms with van der Waals surface area (Å²) in [6.07, 6.45) is 5.70. The first kappa shape index (κ1) is 20.5. The van der Waals surface area contributed by atoms with Gasteiger partial charge in [-0.2, -0.15) is 0 Å². The predicted molar refractivity (Wildman–Crippen MR) is 148 cm³/mol. The third kappa shape index (κ3) is 3.03. The molecule has 7 aromatic rings. The summed E-state index contributed by atoms with van der Waals surface area (Å²) in [6, 6.07) is 33.4. The molecule has 0 bridgehead atoms. The third-order valence-corrected chi connectivity index (χ3v) is 6.89. The fraction of sp³-hybridized carbons (Fsp3) is 0.0323. The van der Waals surface area contributed by atoms with Gasteiger partial charge in [0.25, 0.3) is 0 Å². The van der Waals surface area contributed by atoms with Gasteiger partial charge in [-0.25, -0.2) is 4.98 Å². The number of nitrogens with two attached hydrogens (primary N) is 1. The molecule has 172 valence electrons. The van der Waals surface area contributed by atoms with Crippen molar-refractivity contribution in [1.29, 1.82) is 0 Å². The monoisotopic (exact) mass is 465 g/mol. The third-order valence-electron chi connectivity index (χ3n) is 6.89. The van der Waals surface area contributed by atoms with E-state index in [1.165, 1.54) is 0 Å². The molecule has 0 saturated heterocycles. The molecule has 36 heavy (non-hydrogen) atoms. The van der Waals surface area contributed by atoms with Crippen LogP contribution >= 0.6 is 0 Å². The lowest BCUT2D eigenvalue weighted by atomic mass is 10.2. The van der Waals surface area contributed by atoms with E-state index in [0.717, 1.165) is 60.1 Å². The molecule has 4 heterocycles. The Morgan fingerprint density at radius 1 is 0.694 bits per heavy atom. The Morgan fingerprint density at radius 3 is 2.31 bits per heavy atom. The quantitative estimate of drug-likeness (QED) is 0.405. The molecule has 0 aliphatic carbocycles. The Bertz CT molecular complexity index is 2030. The van der Waals surface area contributed by atoms with Crippen molar-refractivity contribution in [3.05, 3.63) is 114 Å². The van der Waals surface area contributed by atoms with Crippen molar-refractivity contribution >= 4 is 56.3 Å². The molecule has 5 nitrogen and oxygen atoms in total. The number of benzene rings is 3. The minimum atomic E-state index is 0.659. The van der Waals surface area contributed by atoms with Gasteiger partial charge in [-0.3, -0.25) is 4.98 Å². The molecule has 0 unspecified atom stereocenters. The first-order valence-electron chi connectivity index (χ1n) is 12.0. The molecular formula is C31H23N5. The molecule has 4 aromatic heterocycles. The van der Waals surface area contributed by atoms with Crippen molar-refractivity contribution in [2.24, 2.45) is 5.73 Å². The number of pyridine rings is 2. The van der Waals surface area contributed by atoms with Crippen molar-refractivity contribution < 1.29 is 0 Å². The average Bonchev–Trinajstić information content (AvgIpc) is 3.43. The Labute approximate surface area is 207 Å². The van der Waals surface area contributed by atoms with E-state index in [1.54, 1.807) is 6.20 Å². The normalized spacial score (nSPS) is 13.0. The number of rotatable bonds is 3. The number of hydrogen-bond donors (Lipinski definition) is 1. The number of aromatic nitrogens is 4. The van der Waals surface area contributed by atoms with Crippen molar-refractivity contribution in [2.75, 3.05) is 0 Å². The number of fused-ring (bicyclic) bond motifs is 6. The van der Waals surface area contributed by atoms with Gasteiger partial charge >= 0.3 is 0 Å². The minimum absolute atomic E-state index is 0.659. The van der Waals surface area contributed by atoms with Crippen LogP contribution in [0, 0.1) is 0 Å². The molecule has 0 fully saturated rings. The predicted octanol–water partition coefficient (Wildman–Crippen LogP) is 4.86. The zero-order valence-electron chi connectivity index (χ0n) is 19.5. The van der Waals surface area contributed by atoms with Crippen LogP contribution in [0.2, 0.25) is 0 Å². The molecule has 0 aliphatic heterocycles. The Hall–Kier alpha value is -4.90. The molecule has 0 aliphatic rings. The fourth-order valence-electron chi connectivity index (χ4n) is 5.25. The van der Waals surface area contributed by atoms with Gasteiger partial charge in [-0.15, -0.1) is 0 Å². The van der Waals surface area contributed by atoms with Crippen LogP contribution in [0.25, 0.3) is 62.0 Å². The molecular weight excluding hydrogens is 442 g/mol. The van der Waals surface area contributed by atoms with E-state index < -0.39 is 0 Å². The second-order valence-electron chi connectivity index (χ2n) is 8.90. The van der Waals surface area contributed by atoms with Crippen molar-refractivity contribution in [3.63, 3.8) is 0 Å². The summed E-state index contributed by atoms with van der Waals surface area (Å²) in [4.78, 5) is 10.1. The maximum absolute atomic E-state index is 5.87. The summed E-state index contributed by atoms with van der Waals surface area (Å²) in [7, 11) is 0. The molecule has 0 spiro atoms. The summed E-state index contributed by atoms with van der Waals surface area (Å²) in [5.41, 5.74) is 13.1. The van der Waals surface area contributed by atoms with E-state index in [2.05, 4.69) is 81.9 Å². The first-order chi connectivity index (χ1) is 17.8. The van der Waals surface area contributed by atoms with Crippen LogP contribution in [0.15, 0.2) is 103 Å². The van der Waals surface area contributed by atoms with Crippen LogP contribution in [-0.4, -0.2) is 19.1 Å². The maximum Gasteiger partial charge on any atom is 0.143 e. The van der Waals surface area contributed by atoms with Crippen LogP contribution in [0.3, 0.4) is 0 Å². The Balaban J connectivity index is 1.57. The summed E-state index contributed by atoms with van der Waals surface area (Å²) in [5, 5.41) is 4.29. The van der Waals surface area contributed by atoms with Gasteiger partial charge in [-0.1, -0.05) is 66.7 Å². The number of para-hydroxylation sites is 2. The second-order valence-corrected chi connectivity index (χ2v) is 8.90. The molecule has 0 radical (unpaired) electrons. The van der Waals surface area contributed by atoms with Gasteiger partial charge in [-0.05, 0) is 46.8 Å². The van der Waals surface area contributed by atoms with E-state index in [0.29, 0.717) is 6.54 Å². The largest absolute Gasteiger partial charge is 0.404 e. The topological polar surface area (TPSA) is 61.7 Å². The van der Waals surface area contributed by atoms with Crippen LogP contribution in [-0.2, 0) is 6.54 Å². The van der Waals surface area contributed by atoms with Crippen LogP contribution in [0.5, 0.6) is 0 Å². The van der Waals surface area contributed by atoms with Gasteiger partial charge in [0.2, 0.25) is 0 Å². The van der Waals surface area contributed by atoms with Gasteiger partial charge in [0.1, 0.15) is 5.65 Å². The van der Waals surface area contributed by atoms with E-state index in [-0.39, 0.29) is 0 Å². The highest BCUT2D eigenvalue weighted by atomic mass is 15.1. The molecule has 0 amide bonds. The Kier molecular flexibility index (Phi) is 4.61. The van der Waals surface area contributed by atoms with E-state index in [4.69, 9.17) is 15.7 Å². The van der Waals surface area contributed by atoms with Crippen molar-refractivity contribution in [1.82, 2.24) is 19.1 Å². The lowest BCUT2D eigenvalue weighted by Crippen LogP contribution is -2.25. The first-order valence-corrected chi connectivity index (χ1v) is 12.0. The molecule has 7 rings (SSSR count). The molecule has 0 atom stereocenters. The minimum Gasteiger partial charge on any atom is -0.404 e. The molecule has 0 saturated carbocycles. The van der Waals surface area contributed by atoms with E-state index >= 15 is 0 Å². The number of nitrogens with zero attached hydrogens (tertiary/aromatic N) is 4. The van der Waals surface area contributed by atoms with E-state index in [9.17, 15) is 0 Å². The van der Waals surface area contributed by atoms with Crippen LogP contribution in [0.4, 0.5) is 0 Å².